The molecule has 1 atom stereocenters. The van der Waals surface area contributed by atoms with Gasteiger partial charge < -0.3 is 10.1 Å². The minimum atomic E-state index is 0.583. The summed E-state index contributed by atoms with van der Waals surface area (Å²) in [5.74, 6) is 1.26. The zero-order chi connectivity index (χ0) is 10.7. The third kappa shape index (κ3) is 3.00. The molecule has 82 valence electrons. The molecule has 1 aromatic carbocycles. The minimum Gasteiger partial charge on any atom is -0.492 e. The van der Waals surface area contributed by atoms with Crippen LogP contribution in [0.4, 0.5) is 0 Å². The van der Waals surface area contributed by atoms with Gasteiger partial charge in [-0.25, -0.2) is 0 Å². The quantitative estimate of drug-likeness (QED) is 0.885. The lowest BCUT2D eigenvalue weighted by Gasteiger charge is -2.12. The van der Waals surface area contributed by atoms with E-state index in [1.165, 1.54) is 0 Å². The molecule has 2 nitrogen and oxygen atoms in total. The Hall–Kier alpha value is -0.440. The van der Waals surface area contributed by atoms with E-state index in [2.05, 4.69) is 5.32 Å². The van der Waals surface area contributed by atoms with Crippen molar-refractivity contribution in [2.45, 2.75) is 6.42 Å². The van der Waals surface area contributed by atoms with Gasteiger partial charge in [-0.05, 0) is 25.1 Å². The fourth-order valence-corrected chi connectivity index (χ4v) is 1.99. The number of nitrogens with one attached hydrogen (secondary N) is 1. The van der Waals surface area contributed by atoms with Crippen molar-refractivity contribution in [2.24, 2.45) is 5.92 Å². The second kappa shape index (κ2) is 5.06. The molecule has 1 saturated heterocycles. The number of halogens is 2. The van der Waals surface area contributed by atoms with Crippen LogP contribution in [0.3, 0.4) is 0 Å². The lowest BCUT2D eigenvalue weighted by Crippen LogP contribution is -2.15. The fraction of sp³-hybridized carbons (Fsp3) is 0.455. The van der Waals surface area contributed by atoms with Crippen molar-refractivity contribution >= 4 is 23.2 Å². The predicted octanol–water partition coefficient (Wildman–Crippen LogP) is 2.98. The summed E-state index contributed by atoms with van der Waals surface area (Å²) in [5.41, 5.74) is 0. The third-order valence-corrected chi connectivity index (χ3v) is 3.08. The number of hydrogen-bond donors (Lipinski definition) is 1. The molecule has 1 aliphatic rings. The van der Waals surface area contributed by atoms with Crippen LogP contribution in [0.5, 0.6) is 5.75 Å². The van der Waals surface area contributed by atoms with Gasteiger partial charge in [0.15, 0.2) is 0 Å². The normalized spacial score (nSPS) is 20.5. The number of benzene rings is 1. The Morgan fingerprint density at radius 3 is 3.00 bits per heavy atom. The Bertz CT molecular complexity index is 337. The highest BCUT2D eigenvalue weighted by Gasteiger charge is 2.15. The van der Waals surface area contributed by atoms with Crippen LogP contribution in [0.25, 0.3) is 0 Å². The zero-order valence-corrected chi connectivity index (χ0v) is 9.81. The van der Waals surface area contributed by atoms with E-state index in [-0.39, 0.29) is 0 Å². The monoisotopic (exact) mass is 245 g/mol. The first-order chi connectivity index (χ1) is 7.25. The number of hydrogen-bond acceptors (Lipinski definition) is 2. The highest BCUT2D eigenvalue weighted by atomic mass is 35.5. The van der Waals surface area contributed by atoms with E-state index in [1.807, 2.05) is 0 Å². The average molecular weight is 246 g/mol. The largest absolute Gasteiger partial charge is 0.492 e. The summed E-state index contributed by atoms with van der Waals surface area (Å²) >= 11 is 11.8. The van der Waals surface area contributed by atoms with Crippen LogP contribution < -0.4 is 10.1 Å². The van der Waals surface area contributed by atoms with Gasteiger partial charge in [0.2, 0.25) is 0 Å². The van der Waals surface area contributed by atoms with Gasteiger partial charge in [0, 0.05) is 23.6 Å². The number of ether oxygens (including phenoxy) is 1. The average Bonchev–Trinajstić information content (AvgIpc) is 2.72. The minimum absolute atomic E-state index is 0.583. The Morgan fingerprint density at radius 1 is 1.40 bits per heavy atom. The molecule has 0 amide bonds. The molecule has 2 rings (SSSR count). The van der Waals surface area contributed by atoms with Gasteiger partial charge >= 0.3 is 0 Å². The standard InChI is InChI=1S/C11H13Cl2NO/c12-9-1-2-10(13)11(5-9)15-7-8-3-4-14-6-8/h1-2,5,8,14H,3-4,6-7H2/t8-/m1/s1. The molecule has 0 saturated carbocycles. The summed E-state index contributed by atoms with van der Waals surface area (Å²) in [6.45, 7) is 2.81. The van der Waals surface area contributed by atoms with E-state index in [4.69, 9.17) is 27.9 Å². The zero-order valence-electron chi connectivity index (χ0n) is 8.30. The second-order valence-electron chi connectivity index (χ2n) is 3.74. The molecular formula is C11H13Cl2NO. The van der Waals surface area contributed by atoms with Gasteiger partial charge in [-0.3, -0.25) is 0 Å². The Morgan fingerprint density at radius 2 is 2.27 bits per heavy atom. The van der Waals surface area contributed by atoms with Gasteiger partial charge in [-0.1, -0.05) is 23.2 Å². The van der Waals surface area contributed by atoms with Gasteiger partial charge in [0.1, 0.15) is 5.75 Å². The highest BCUT2D eigenvalue weighted by molar-refractivity contribution is 6.34. The Labute approximate surface area is 99.5 Å². The van der Waals surface area contributed by atoms with Crippen molar-refractivity contribution in [2.75, 3.05) is 19.7 Å². The van der Waals surface area contributed by atoms with E-state index < -0.39 is 0 Å². The van der Waals surface area contributed by atoms with Crippen molar-refractivity contribution in [3.63, 3.8) is 0 Å². The lowest BCUT2D eigenvalue weighted by molar-refractivity contribution is 0.260. The summed E-state index contributed by atoms with van der Waals surface area (Å²) in [5, 5.41) is 4.56. The van der Waals surface area contributed by atoms with Crippen LogP contribution in [0.15, 0.2) is 18.2 Å². The van der Waals surface area contributed by atoms with Crippen LogP contribution in [0.2, 0.25) is 10.0 Å². The van der Waals surface area contributed by atoms with Crippen molar-refractivity contribution in [1.29, 1.82) is 0 Å². The first kappa shape index (κ1) is 11.1. The molecule has 0 radical (unpaired) electrons. The van der Waals surface area contributed by atoms with E-state index >= 15 is 0 Å². The van der Waals surface area contributed by atoms with Crippen LogP contribution in [-0.2, 0) is 0 Å². The molecule has 1 aliphatic heterocycles. The molecule has 1 fully saturated rings. The summed E-state index contributed by atoms with van der Waals surface area (Å²) in [6, 6.07) is 5.27. The molecule has 0 aromatic heterocycles. The van der Waals surface area contributed by atoms with Crippen molar-refractivity contribution in [3.05, 3.63) is 28.2 Å². The summed E-state index contributed by atoms with van der Waals surface area (Å²) in [6.07, 6.45) is 1.16. The Kier molecular flexibility index (Phi) is 3.73. The molecule has 1 heterocycles. The topological polar surface area (TPSA) is 21.3 Å². The molecule has 0 spiro atoms. The lowest BCUT2D eigenvalue weighted by atomic mass is 10.1. The van der Waals surface area contributed by atoms with Gasteiger partial charge in [0.05, 0.1) is 11.6 Å². The Balaban J connectivity index is 1.94. The van der Waals surface area contributed by atoms with E-state index in [0.29, 0.717) is 28.3 Å². The van der Waals surface area contributed by atoms with Crippen LogP contribution in [0.1, 0.15) is 6.42 Å². The molecule has 0 aliphatic carbocycles. The van der Waals surface area contributed by atoms with Gasteiger partial charge in [-0.15, -0.1) is 0 Å². The van der Waals surface area contributed by atoms with E-state index in [1.54, 1.807) is 18.2 Å². The predicted molar refractivity (Wildman–Crippen MR) is 62.9 cm³/mol. The first-order valence-corrected chi connectivity index (χ1v) is 5.80. The third-order valence-electron chi connectivity index (χ3n) is 2.53. The summed E-state index contributed by atoms with van der Waals surface area (Å²) in [7, 11) is 0. The van der Waals surface area contributed by atoms with Gasteiger partial charge in [-0.2, -0.15) is 0 Å². The van der Waals surface area contributed by atoms with Crippen LogP contribution in [0, 0.1) is 5.92 Å². The molecule has 1 N–H and O–H groups in total. The molecule has 1 aromatic rings. The summed E-state index contributed by atoms with van der Waals surface area (Å²) < 4.78 is 5.65. The molecule has 4 heteroatoms. The van der Waals surface area contributed by atoms with E-state index in [0.717, 1.165) is 19.5 Å². The summed E-state index contributed by atoms with van der Waals surface area (Å²) in [4.78, 5) is 0. The smallest absolute Gasteiger partial charge is 0.139 e. The van der Waals surface area contributed by atoms with Crippen molar-refractivity contribution in [3.8, 4) is 5.75 Å². The SMILES string of the molecule is Clc1ccc(Cl)c(OC[C@@H]2CCNC2)c1. The maximum absolute atomic E-state index is 5.98. The highest BCUT2D eigenvalue weighted by Crippen LogP contribution is 2.28. The van der Waals surface area contributed by atoms with Gasteiger partial charge in [0.25, 0.3) is 0 Å². The maximum atomic E-state index is 5.98. The van der Waals surface area contributed by atoms with Crippen LogP contribution in [-0.4, -0.2) is 19.7 Å². The first-order valence-electron chi connectivity index (χ1n) is 5.04. The van der Waals surface area contributed by atoms with E-state index in [9.17, 15) is 0 Å². The fourth-order valence-electron chi connectivity index (χ4n) is 1.65. The second-order valence-corrected chi connectivity index (χ2v) is 4.59. The van der Waals surface area contributed by atoms with Crippen molar-refractivity contribution < 1.29 is 4.74 Å². The maximum Gasteiger partial charge on any atom is 0.139 e. The molecule has 15 heavy (non-hydrogen) atoms. The number of rotatable bonds is 3. The van der Waals surface area contributed by atoms with Crippen LogP contribution >= 0.6 is 23.2 Å². The molecule has 0 bridgehead atoms. The molecular weight excluding hydrogens is 233 g/mol. The van der Waals surface area contributed by atoms with Crippen molar-refractivity contribution in [1.82, 2.24) is 5.32 Å². The molecule has 0 unspecified atom stereocenters.